The van der Waals surface area contributed by atoms with Crippen LogP contribution in [0.4, 0.5) is 0 Å². The van der Waals surface area contributed by atoms with E-state index in [-0.39, 0.29) is 29.9 Å². The van der Waals surface area contributed by atoms with Crippen molar-refractivity contribution >= 4 is 35.8 Å². The zero-order valence-electron chi connectivity index (χ0n) is 15.9. The predicted molar refractivity (Wildman–Crippen MR) is 114 cm³/mol. The van der Waals surface area contributed by atoms with Gasteiger partial charge in [0.25, 0.3) is 0 Å². The first kappa shape index (κ1) is 23.4. The summed E-state index contributed by atoms with van der Waals surface area (Å²) in [6, 6.07) is 0.390. The van der Waals surface area contributed by atoms with Gasteiger partial charge in [0.1, 0.15) is 0 Å². The van der Waals surface area contributed by atoms with Gasteiger partial charge in [0.15, 0.2) is 5.96 Å². The van der Waals surface area contributed by atoms with Crippen LogP contribution in [0.25, 0.3) is 0 Å². The number of halogens is 1. The molecule has 0 aromatic heterocycles. The van der Waals surface area contributed by atoms with E-state index in [4.69, 9.17) is 9.47 Å². The van der Waals surface area contributed by atoms with Gasteiger partial charge in [-0.05, 0) is 25.7 Å². The molecule has 1 saturated heterocycles. The number of carbonyl (C=O) groups is 1. The molecular formula is C18H35IN4O3. The van der Waals surface area contributed by atoms with Crippen LogP contribution < -0.4 is 16.0 Å². The van der Waals surface area contributed by atoms with E-state index in [9.17, 15) is 4.79 Å². The second kappa shape index (κ2) is 14.4. The molecule has 2 rings (SSSR count). The van der Waals surface area contributed by atoms with Gasteiger partial charge in [0.2, 0.25) is 5.91 Å². The van der Waals surface area contributed by atoms with Crippen LogP contribution in [0, 0.1) is 5.92 Å². The Morgan fingerprint density at radius 1 is 1.19 bits per heavy atom. The molecule has 26 heavy (non-hydrogen) atoms. The van der Waals surface area contributed by atoms with Crippen LogP contribution in [0.3, 0.4) is 0 Å². The molecule has 0 aromatic carbocycles. The first-order chi connectivity index (χ1) is 12.3. The van der Waals surface area contributed by atoms with Crippen molar-refractivity contribution < 1.29 is 14.3 Å². The van der Waals surface area contributed by atoms with Gasteiger partial charge in [-0.1, -0.05) is 12.8 Å². The van der Waals surface area contributed by atoms with Gasteiger partial charge in [-0.25, -0.2) is 0 Å². The van der Waals surface area contributed by atoms with Gasteiger partial charge in [-0.3, -0.25) is 9.79 Å². The lowest BCUT2D eigenvalue weighted by Gasteiger charge is -2.14. The van der Waals surface area contributed by atoms with E-state index >= 15 is 0 Å². The van der Waals surface area contributed by atoms with Gasteiger partial charge < -0.3 is 25.4 Å². The second-order valence-electron chi connectivity index (χ2n) is 6.88. The standard InChI is InChI=1S/C18H34N4O3.HI/c1-19-18(20-9-4-11-24-13-15-8-12-25-14-15)21-10-7-17(23)22-16-5-2-3-6-16;/h15-16H,2-14H2,1H3,(H,22,23)(H2,19,20,21);1H. The fourth-order valence-electron chi connectivity index (χ4n) is 3.23. The van der Waals surface area contributed by atoms with E-state index < -0.39 is 0 Å². The third-order valence-corrected chi connectivity index (χ3v) is 4.72. The van der Waals surface area contributed by atoms with Crippen molar-refractivity contribution in [2.24, 2.45) is 10.9 Å². The van der Waals surface area contributed by atoms with Crippen LogP contribution >= 0.6 is 24.0 Å². The minimum Gasteiger partial charge on any atom is -0.381 e. The van der Waals surface area contributed by atoms with E-state index in [0.29, 0.717) is 24.9 Å². The van der Waals surface area contributed by atoms with Gasteiger partial charge in [-0.15, -0.1) is 24.0 Å². The van der Waals surface area contributed by atoms with Crippen molar-refractivity contribution in [3.05, 3.63) is 0 Å². The van der Waals surface area contributed by atoms with E-state index in [1.165, 1.54) is 12.8 Å². The van der Waals surface area contributed by atoms with E-state index in [1.807, 2.05) is 0 Å². The van der Waals surface area contributed by atoms with Crippen LogP contribution in [0.2, 0.25) is 0 Å². The molecular weight excluding hydrogens is 447 g/mol. The Balaban J connectivity index is 0.00000338. The summed E-state index contributed by atoms with van der Waals surface area (Å²) in [6.45, 7) is 4.64. The number of hydrogen-bond donors (Lipinski definition) is 3. The van der Waals surface area contributed by atoms with E-state index in [2.05, 4.69) is 20.9 Å². The maximum Gasteiger partial charge on any atom is 0.221 e. The SMILES string of the molecule is CN=C(NCCCOCC1CCOC1)NCCC(=O)NC1CCCC1.I. The first-order valence-corrected chi connectivity index (χ1v) is 9.67. The van der Waals surface area contributed by atoms with E-state index in [1.54, 1.807) is 7.05 Å². The minimum absolute atomic E-state index is 0. The van der Waals surface area contributed by atoms with Crippen LogP contribution in [0.15, 0.2) is 4.99 Å². The highest BCUT2D eigenvalue weighted by atomic mass is 127. The number of hydrogen-bond acceptors (Lipinski definition) is 4. The van der Waals surface area contributed by atoms with Crippen molar-refractivity contribution in [3.63, 3.8) is 0 Å². The van der Waals surface area contributed by atoms with Gasteiger partial charge in [0, 0.05) is 51.7 Å². The van der Waals surface area contributed by atoms with Crippen molar-refractivity contribution in [2.45, 2.75) is 51.0 Å². The fourth-order valence-corrected chi connectivity index (χ4v) is 3.23. The Morgan fingerprint density at radius 2 is 1.96 bits per heavy atom. The number of carbonyl (C=O) groups excluding carboxylic acids is 1. The topological polar surface area (TPSA) is 84.0 Å². The van der Waals surface area contributed by atoms with Crippen molar-refractivity contribution in [2.75, 3.05) is 46.6 Å². The molecule has 1 heterocycles. The van der Waals surface area contributed by atoms with Crippen molar-refractivity contribution in [1.82, 2.24) is 16.0 Å². The molecule has 3 N–H and O–H groups in total. The second-order valence-corrected chi connectivity index (χ2v) is 6.88. The van der Waals surface area contributed by atoms with Gasteiger partial charge in [-0.2, -0.15) is 0 Å². The number of nitrogens with one attached hydrogen (secondary N) is 3. The molecule has 1 aliphatic heterocycles. The Bertz CT molecular complexity index is 411. The number of ether oxygens (including phenoxy) is 2. The molecule has 1 amide bonds. The molecule has 0 aromatic rings. The molecule has 7 nitrogen and oxygen atoms in total. The lowest BCUT2D eigenvalue weighted by atomic mass is 10.1. The number of nitrogens with zero attached hydrogens (tertiary/aromatic N) is 1. The van der Waals surface area contributed by atoms with Crippen LogP contribution in [0.1, 0.15) is 44.9 Å². The van der Waals surface area contributed by atoms with Crippen LogP contribution in [-0.4, -0.2) is 64.5 Å². The summed E-state index contributed by atoms with van der Waals surface area (Å²) in [4.78, 5) is 16.0. The molecule has 1 atom stereocenters. The quantitative estimate of drug-likeness (QED) is 0.191. The highest BCUT2D eigenvalue weighted by Gasteiger charge is 2.17. The summed E-state index contributed by atoms with van der Waals surface area (Å²) in [7, 11) is 1.74. The normalized spacial score (nSPS) is 20.7. The Hall–Kier alpha value is -0.610. The monoisotopic (exact) mass is 482 g/mol. The van der Waals surface area contributed by atoms with E-state index in [0.717, 1.165) is 64.6 Å². The molecule has 2 fully saturated rings. The van der Waals surface area contributed by atoms with Gasteiger partial charge >= 0.3 is 0 Å². The maximum absolute atomic E-state index is 11.9. The largest absolute Gasteiger partial charge is 0.381 e. The summed E-state index contributed by atoms with van der Waals surface area (Å²) in [5, 5.41) is 9.52. The average Bonchev–Trinajstić information content (AvgIpc) is 3.30. The molecule has 0 spiro atoms. The summed E-state index contributed by atoms with van der Waals surface area (Å²) in [5.74, 6) is 1.43. The molecule has 2 aliphatic rings. The molecule has 1 aliphatic carbocycles. The maximum atomic E-state index is 11.9. The lowest BCUT2D eigenvalue weighted by Crippen LogP contribution is -2.40. The fraction of sp³-hybridized carbons (Fsp3) is 0.889. The molecule has 1 saturated carbocycles. The zero-order valence-corrected chi connectivity index (χ0v) is 18.3. The number of rotatable bonds is 10. The Morgan fingerprint density at radius 3 is 2.65 bits per heavy atom. The van der Waals surface area contributed by atoms with Crippen LogP contribution in [0.5, 0.6) is 0 Å². The Labute approximate surface area is 174 Å². The smallest absolute Gasteiger partial charge is 0.221 e. The third kappa shape index (κ3) is 9.91. The number of amides is 1. The Kier molecular flexibility index (Phi) is 13.0. The zero-order chi connectivity index (χ0) is 17.7. The highest BCUT2D eigenvalue weighted by molar-refractivity contribution is 14.0. The minimum atomic E-state index is 0. The first-order valence-electron chi connectivity index (χ1n) is 9.67. The highest BCUT2D eigenvalue weighted by Crippen LogP contribution is 2.17. The average molecular weight is 482 g/mol. The molecule has 8 heteroatoms. The number of aliphatic imine (C=N–C) groups is 1. The molecule has 0 radical (unpaired) electrons. The molecule has 0 bridgehead atoms. The third-order valence-electron chi connectivity index (χ3n) is 4.72. The van der Waals surface area contributed by atoms with Crippen molar-refractivity contribution in [1.29, 1.82) is 0 Å². The predicted octanol–water partition coefficient (Wildman–Crippen LogP) is 1.66. The lowest BCUT2D eigenvalue weighted by molar-refractivity contribution is -0.121. The summed E-state index contributed by atoms with van der Waals surface area (Å²) in [6.07, 6.45) is 7.23. The summed E-state index contributed by atoms with van der Waals surface area (Å²) >= 11 is 0. The number of guanidine groups is 1. The summed E-state index contributed by atoms with van der Waals surface area (Å²) in [5.41, 5.74) is 0. The van der Waals surface area contributed by atoms with Crippen LogP contribution in [-0.2, 0) is 14.3 Å². The summed E-state index contributed by atoms with van der Waals surface area (Å²) < 4.78 is 11.0. The molecule has 152 valence electrons. The van der Waals surface area contributed by atoms with Crippen molar-refractivity contribution in [3.8, 4) is 0 Å². The van der Waals surface area contributed by atoms with Gasteiger partial charge in [0.05, 0.1) is 13.2 Å². The molecule has 1 unspecified atom stereocenters.